The largest absolute Gasteiger partial charge is 0.309 e. The maximum absolute atomic E-state index is 3.86. The van der Waals surface area contributed by atoms with Crippen LogP contribution in [0, 0.1) is 23.2 Å². The molecule has 2 heterocycles. The zero-order valence-electron chi connectivity index (χ0n) is 13.9. The second-order valence-electron chi connectivity index (χ2n) is 7.81. The molecule has 1 nitrogen and oxygen atoms in total. The Morgan fingerprint density at radius 2 is 1.87 bits per heavy atom. The van der Waals surface area contributed by atoms with Crippen molar-refractivity contribution in [3.63, 3.8) is 0 Å². The van der Waals surface area contributed by atoms with Crippen molar-refractivity contribution >= 4 is 38.6 Å². The average molecular weight is 410 g/mol. The average Bonchev–Trinajstić information content (AvgIpc) is 3.14. The Morgan fingerprint density at radius 3 is 2.52 bits per heavy atom. The zero-order chi connectivity index (χ0) is 16.2. The molecular formula is C19H24BrNS2. The van der Waals surface area contributed by atoms with Gasteiger partial charge in [-0.25, -0.2) is 0 Å². The fourth-order valence-electron chi connectivity index (χ4n) is 4.70. The van der Waals surface area contributed by atoms with E-state index in [0.717, 1.165) is 24.3 Å². The van der Waals surface area contributed by atoms with Crippen LogP contribution in [-0.4, -0.2) is 6.04 Å². The number of thiophene rings is 2. The van der Waals surface area contributed by atoms with E-state index in [1.807, 2.05) is 22.7 Å². The lowest BCUT2D eigenvalue weighted by molar-refractivity contribution is -0.115. The molecule has 3 aliphatic carbocycles. The first-order valence-corrected chi connectivity index (χ1v) is 11.0. The predicted molar refractivity (Wildman–Crippen MR) is 105 cm³/mol. The monoisotopic (exact) mass is 409 g/mol. The Labute approximate surface area is 155 Å². The minimum Gasteiger partial charge on any atom is -0.309 e. The maximum atomic E-state index is 3.86. The Kier molecular flexibility index (Phi) is 4.24. The van der Waals surface area contributed by atoms with E-state index in [4.69, 9.17) is 0 Å². The van der Waals surface area contributed by atoms with Crippen LogP contribution in [0.5, 0.6) is 0 Å². The molecule has 124 valence electrons. The van der Waals surface area contributed by atoms with Gasteiger partial charge < -0.3 is 5.32 Å². The molecule has 5 rings (SSSR count). The summed E-state index contributed by atoms with van der Waals surface area (Å²) in [4.78, 5) is 4.20. The summed E-state index contributed by atoms with van der Waals surface area (Å²) in [7, 11) is 0. The van der Waals surface area contributed by atoms with Crippen LogP contribution < -0.4 is 5.32 Å². The molecule has 0 aromatic carbocycles. The summed E-state index contributed by atoms with van der Waals surface area (Å²) in [5.74, 6) is 2.66. The SMILES string of the molecule is C[C@H]1[C@H](NCc2ccc(-c3ccc(Br)s3)s2)C[C@H]2C[C@@H]1C2(C)C. The highest BCUT2D eigenvalue weighted by Gasteiger charge is 2.55. The lowest BCUT2D eigenvalue weighted by Gasteiger charge is -2.62. The van der Waals surface area contributed by atoms with E-state index in [1.165, 1.54) is 31.3 Å². The third kappa shape index (κ3) is 2.86. The lowest BCUT2D eigenvalue weighted by Crippen LogP contribution is -2.59. The van der Waals surface area contributed by atoms with Crippen molar-refractivity contribution in [3.8, 4) is 9.75 Å². The molecule has 0 radical (unpaired) electrons. The molecule has 2 aromatic rings. The fraction of sp³-hybridized carbons (Fsp3) is 0.579. The van der Waals surface area contributed by atoms with Gasteiger partial charge in [-0.3, -0.25) is 0 Å². The van der Waals surface area contributed by atoms with Crippen molar-refractivity contribution in [2.75, 3.05) is 0 Å². The summed E-state index contributed by atoms with van der Waals surface area (Å²) in [5.41, 5.74) is 0.584. The fourth-order valence-corrected chi connectivity index (χ4v) is 7.14. The summed E-state index contributed by atoms with van der Waals surface area (Å²) in [6.07, 6.45) is 2.82. The van der Waals surface area contributed by atoms with Crippen LogP contribution in [0.1, 0.15) is 38.5 Å². The van der Waals surface area contributed by atoms with Crippen molar-refractivity contribution in [3.05, 3.63) is 32.9 Å². The minimum absolute atomic E-state index is 0.584. The smallest absolute Gasteiger partial charge is 0.0705 e. The summed E-state index contributed by atoms with van der Waals surface area (Å²) in [5, 5.41) is 3.86. The summed E-state index contributed by atoms with van der Waals surface area (Å²) >= 11 is 7.30. The van der Waals surface area contributed by atoms with Crippen molar-refractivity contribution < 1.29 is 0 Å². The number of rotatable bonds is 4. The molecule has 3 aliphatic rings. The van der Waals surface area contributed by atoms with Gasteiger partial charge in [-0.2, -0.15) is 0 Å². The zero-order valence-corrected chi connectivity index (χ0v) is 17.2. The Bertz CT molecular complexity index is 702. The summed E-state index contributed by atoms with van der Waals surface area (Å²) in [6.45, 7) is 8.43. The van der Waals surface area contributed by atoms with Gasteiger partial charge in [0.05, 0.1) is 3.79 Å². The van der Waals surface area contributed by atoms with E-state index < -0.39 is 0 Å². The van der Waals surface area contributed by atoms with Crippen LogP contribution in [0.15, 0.2) is 28.1 Å². The molecule has 4 atom stereocenters. The van der Waals surface area contributed by atoms with E-state index in [1.54, 1.807) is 0 Å². The first-order valence-electron chi connectivity index (χ1n) is 8.53. The van der Waals surface area contributed by atoms with Gasteiger partial charge >= 0.3 is 0 Å². The first-order chi connectivity index (χ1) is 10.9. The Hall–Kier alpha value is -0.160. The summed E-state index contributed by atoms with van der Waals surface area (Å²) < 4.78 is 1.21. The Balaban J connectivity index is 1.38. The molecule has 0 saturated heterocycles. The molecule has 2 aromatic heterocycles. The Morgan fingerprint density at radius 1 is 1.13 bits per heavy atom. The predicted octanol–water partition coefficient (Wildman–Crippen LogP) is 6.40. The van der Waals surface area contributed by atoms with Crippen LogP contribution in [0.3, 0.4) is 0 Å². The van der Waals surface area contributed by atoms with Crippen LogP contribution >= 0.6 is 38.6 Å². The second-order valence-corrected chi connectivity index (χ2v) is 11.4. The van der Waals surface area contributed by atoms with Gasteiger partial charge in [0, 0.05) is 27.2 Å². The van der Waals surface area contributed by atoms with E-state index in [-0.39, 0.29) is 0 Å². The van der Waals surface area contributed by atoms with Crippen molar-refractivity contribution in [1.82, 2.24) is 5.32 Å². The van der Waals surface area contributed by atoms with Gasteiger partial charge in [-0.15, -0.1) is 22.7 Å². The molecule has 3 fully saturated rings. The number of hydrogen-bond acceptors (Lipinski definition) is 3. The normalized spacial score (nSPS) is 31.8. The van der Waals surface area contributed by atoms with Gasteiger partial charge in [0.15, 0.2) is 0 Å². The van der Waals surface area contributed by atoms with E-state index >= 15 is 0 Å². The van der Waals surface area contributed by atoms with Crippen molar-refractivity contribution in [1.29, 1.82) is 0 Å². The van der Waals surface area contributed by atoms with Crippen molar-refractivity contribution in [2.45, 2.75) is 46.2 Å². The van der Waals surface area contributed by atoms with Gasteiger partial charge in [0.25, 0.3) is 0 Å². The first kappa shape index (κ1) is 16.3. The van der Waals surface area contributed by atoms with Gasteiger partial charge in [-0.1, -0.05) is 20.8 Å². The highest BCUT2D eigenvalue weighted by molar-refractivity contribution is 9.11. The number of halogens is 1. The third-order valence-corrected chi connectivity index (χ3v) is 9.27. The topological polar surface area (TPSA) is 12.0 Å². The lowest BCUT2D eigenvalue weighted by atomic mass is 9.45. The van der Waals surface area contributed by atoms with Crippen LogP contribution in [0.4, 0.5) is 0 Å². The molecular weight excluding hydrogens is 386 g/mol. The second kappa shape index (κ2) is 5.98. The van der Waals surface area contributed by atoms with Gasteiger partial charge in [0.2, 0.25) is 0 Å². The molecule has 0 spiro atoms. The standard InChI is InChI=1S/C19H24BrNS2/c1-11-14-8-12(19(14,2)3)9-15(11)21-10-13-4-5-16(22-13)17-6-7-18(20)23-17/h4-7,11-12,14-15,21H,8-10H2,1-3H3/t11-,12-,14+,15-/m1/s1. The minimum atomic E-state index is 0.584. The number of fused-ring (bicyclic) bond motifs is 2. The highest BCUT2D eigenvalue weighted by atomic mass is 79.9. The quantitative estimate of drug-likeness (QED) is 0.615. The van der Waals surface area contributed by atoms with E-state index in [0.29, 0.717) is 11.5 Å². The van der Waals surface area contributed by atoms with Crippen LogP contribution in [-0.2, 0) is 6.54 Å². The third-order valence-electron chi connectivity index (χ3n) is 6.37. The number of nitrogens with one attached hydrogen (secondary N) is 1. The molecule has 0 unspecified atom stereocenters. The van der Waals surface area contributed by atoms with Gasteiger partial charge in [-0.05, 0) is 76.2 Å². The van der Waals surface area contributed by atoms with Crippen LogP contribution in [0.25, 0.3) is 9.75 Å². The number of hydrogen-bond donors (Lipinski definition) is 1. The molecule has 1 N–H and O–H groups in total. The molecule has 0 aliphatic heterocycles. The highest BCUT2D eigenvalue weighted by Crippen LogP contribution is 2.61. The maximum Gasteiger partial charge on any atom is 0.0705 e. The summed E-state index contributed by atoms with van der Waals surface area (Å²) in [6, 6.07) is 9.60. The molecule has 3 saturated carbocycles. The van der Waals surface area contributed by atoms with E-state index in [2.05, 4.69) is 66.3 Å². The molecule has 0 amide bonds. The molecule has 23 heavy (non-hydrogen) atoms. The van der Waals surface area contributed by atoms with Crippen LogP contribution in [0.2, 0.25) is 0 Å². The van der Waals surface area contributed by atoms with Crippen molar-refractivity contribution in [2.24, 2.45) is 23.2 Å². The molecule has 2 bridgehead atoms. The molecule has 4 heteroatoms. The van der Waals surface area contributed by atoms with E-state index in [9.17, 15) is 0 Å². The van der Waals surface area contributed by atoms with Gasteiger partial charge in [0.1, 0.15) is 0 Å².